The highest BCUT2D eigenvalue weighted by atomic mass is 32.1. The van der Waals surface area contributed by atoms with Crippen LogP contribution in [0.25, 0.3) is 27.8 Å². The van der Waals surface area contributed by atoms with Gasteiger partial charge in [0.15, 0.2) is 4.80 Å². The molecular formula is C25H20N4OS. The molecular weight excluding hydrogens is 404 g/mol. The zero-order valence-corrected chi connectivity index (χ0v) is 18.0. The van der Waals surface area contributed by atoms with E-state index in [9.17, 15) is 4.79 Å². The van der Waals surface area contributed by atoms with Crippen molar-refractivity contribution in [2.45, 2.75) is 6.92 Å². The third kappa shape index (κ3) is 3.51. The van der Waals surface area contributed by atoms with E-state index in [4.69, 9.17) is 4.99 Å². The smallest absolute Gasteiger partial charge is 0.265 e. The van der Waals surface area contributed by atoms with Crippen molar-refractivity contribution in [3.8, 4) is 16.9 Å². The number of hydrogen-bond donors (Lipinski definition) is 0. The van der Waals surface area contributed by atoms with E-state index < -0.39 is 0 Å². The van der Waals surface area contributed by atoms with E-state index in [0.717, 1.165) is 27.4 Å². The average molecular weight is 425 g/mol. The summed E-state index contributed by atoms with van der Waals surface area (Å²) in [5.74, 6) is 0.658. The van der Waals surface area contributed by atoms with Crippen LogP contribution >= 0.6 is 11.3 Å². The Labute approximate surface area is 183 Å². The maximum atomic E-state index is 13.0. The summed E-state index contributed by atoms with van der Waals surface area (Å²) in [5, 5.41) is 2.73. The van der Waals surface area contributed by atoms with Gasteiger partial charge >= 0.3 is 0 Å². The number of para-hydroxylation sites is 1. The number of aromatic nitrogens is 3. The number of thiazole rings is 1. The predicted octanol–water partition coefficient (Wildman–Crippen LogP) is 4.99. The third-order valence-corrected chi connectivity index (χ3v) is 6.19. The molecule has 2 aromatic heterocycles. The van der Waals surface area contributed by atoms with Crippen LogP contribution in [0.1, 0.15) is 5.82 Å². The molecule has 5 aromatic rings. The molecule has 0 aliphatic heterocycles. The summed E-state index contributed by atoms with van der Waals surface area (Å²) >= 11 is 1.60. The van der Waals surface area contributed by atoms with Crippen molar-refractivity contribution < 1.29 is 0 Å². The van der Waals surface area contributed by atoms with Gasteiger partial charge in [-0.25, -0.2) is 9.98 Å². The van der Waals surface area contributed by atoms with Crippen molar-refractivity contribution in [2.75, 3.05) is 0 Å². The van der Waals surface area contributed by atoms with Crippen molar-refractivity contribution in [3.63, 3.8) is 0 Å². The van der Waals surface area contributed by atoms with Gasteiger partial charge in [0.1, 0.15) is 5.82 Å². The average Bonchev–Trinajstić information content (AvgIpc) is 3.15. The molecule has 31 heavy (non-hydrogen) atoms. The van der Waals surface area contributed by atoms with Gasteiger partial charge in [-0.1, -0.05) is 42.5 Å². The second kappa shape index (κ2) is 7.81. The fourth-order valence-electron chi connectivity index (χ4n) is 3.68. The second-order valence-corrected chi connectivity index (χ2v) is 8.11. The van der Waals surface area contributed by atoms with Gasteiger partial charge in [0.05, 0.1) is 28.0 Å². The molecule has 0 radical (unpaired) electrons. The van der Waals surface area contributed by atoms with Gasteiger partial charge in [-0.3, -0.25) is 9.36 Å². The van der Waals surface area contributed by atoms with E-state index in [1.165, 1.54) is 0 Å². The molecule has 5 nitrogen and oxygen atoms in total. The lowest BCUT2D eigenvalue weighted by atomic mass is 10.2. The fourth-order valence-corrected chi connectivity index (χ4v) is 4.60. The summed E-state index contributed by atoms with van der Waals surface area (Å²) < 4.78 is 3.74. The maximum Gasteiger partial charge on any atom is 0.265 e. The summed E-state index contributed by atoms with van der Waals surface area (Å²) in [4.78, 5) is 23.3. The van der Waals surface area contributed by atoms with Gasteiger partial charge in [-0.05, 0) is 48.9 Å². The van der Waals surface area contributed by atoms with Crippen molar-refractivity contribution in [1.29, 1.82) is 0 Å². The van der Waals surface area contributed by atoms with E-state index >= 15 is 0 Å². The Balaban J connectivity index is 1.53. The first-order chi connectivity index (χ1) is 15.1. The lowest BCUT2D eigenvalue weighted by Gasteiger charge is -2.11. The Morgan fingerprint density at radius 2 is 1.61 bits per heavy atom. The summed E-state index contributed by atoms with van der Waals surface area (Å²) in [6, 6.07) is 25.4. The van der Waals surface area contributed by atoms with Crippen LogP contribution < -0.4 is 10.4 Å². The molecule has 0 amide bonds. The summed E-state index contributed by atoms with van der Waals surface area (Å²) in [6.07, 6.45) is 0. The summed E-state index contributed by atoms with van der Waals surface area (Å²) in [5.41, 5.74) is 4.56. The molecule has 6 heteroatoms. The minimum Gasteiger partial charge on any atom is -0.320 e. The minimum absolute atomic E-state index is 0.0649. The highest BCUT2D eigenvalue weighted by molar-refractivity contribution is 7.07. The molecule has 0 saturated heterocycles. The number of aryl methyl sites for hydroxylation is 1. The molecule has 152 valence electrons. The van der Waals surface area contributed by atoms with E-state index in [1.807, 2.05) is 80.7 Å². The molecule has 0 atom stereocenters. The van der Waals surface area contributed by atoms with Crippen LogP contribution in [-0.2, 0) is 7.05 Å². The van der Waals surface area contributed by atoms with Crippen molar-refractivity contribution in [3.05, 3.63) is 105 Å². The van der Waals surface area contributed by atoms with Gasteiger partial charge in [0.25, 0.3) is 5.56 Å². The van der Waals surface area contributed by atoms with Crippen molar-refractivity contribution in [1.82, 2.24) is 14.1 Å². The predicted molar refractivity (Wildman–Crippen MR) is 126 cm³/mol. The number of nitrogens with zero attached hydrogens (tertiary/aromatic N) is 4. The minimum atomic E-state index is -0.0649. The molecule has 0 spiro atoms. The molecule has 2 heterocycles. The number of benzene rings is 3. The van der Waals surface area contributed by atoms with Crippen molar-refractivity contribution >= 4 is 27.9 Å². The lowest BCUT2D eigenvalue weighted by Crippen LogP contribution is -2.22. The number of rotatable bonds is 3. The zero-order chi connectivity index (χ0) is 21.4. The Morgan fingerprint density at radius 1 is 0.903 bits per heavy atom. The monoisotopic (exact) mass is 424 g/mol. The molecule has 0 aliphatic carbocycles. The maximum absolute atomic E-state index is 13.0. The second-order valence-electron chi connectivity index (χ2n) is 7.27. The zero-order valence-electron chi connectivity index (χ0n) is 17.2. The van der Waals surface area contributed by atoms with Crippen LogP contribution in [0.2, 0.25) is 0 Å². The van der Waals surface area contributed by atoms with Crippen LogP contribution in [0.3, 0.4) is 0 Å². The lowest BCUT2D eigenvalue weighted by molar-refractivity contribution is 0.881. The molecule has 0 N–H and O–H groups in total. The van der Waals surface area contributed by atoms with E-state index in [1.54, 1.807) is 15.9 Å². The van der Waals surface area contributed by atoms with E-state index in [-0.39, 0.29) is 5.56 Å². The van der Waals surface area contributed by atoms with Gasteiger partial charge in [-0.15, -0.1) is 11.3 Å². The molecule has 0 fully saturated rings. The molecule has 0 bridgehead atoms. The summed E-state index contributed by atoms with van der Waals surface area (Å²) in [7, 11) is 2.02. The van der Waals surface area contributed by atoms with Gasteiger partial charge < -0.3 is 4.57 Å². The van der Waals surface area contributed by atoms with Crippen LogP contribution in [0.4, 0.5) is 5.69 Å². The first-order valence-corrected chi connectivity index (χ1v) is 10.8. The highest BCUT2D eigenvalue weighted by Crippen LogP contribution is 2.20. The van der Waals surface area contributed by atoms with Crippen LogP contribution in [0.5, 0.6) is 0 Å². The Kier molecular flexibility index (Phi) is 4.84. The van der Waals surface area contributed by atoms with Gasteiger partial charge in [-0.2, -0.15) is 0 Å². The number of hydrogen-bond acceptors (Lipinski definition) is 4. The Bertz CT molecular complexity index is 1510. The molecule has 5 rings (SSSR count). The van der Waals surface area contributed by atoms with Crippen LogP contribution in [0, 0.1) is 6.92 Å². The largest absolute Gasteiger partial charge is 0.320 e. The van der Waals surface area contributed by atoms with Gasteiger partial charge in [0.2, 0.25) is 0 Å². The molecule has 0 saturated carbocycles. The standard InChI is InChI=1S/C25H20N4OS/c1-17-26-22-11-7-6-10-21(22)24(30)29(17)20-14-12-19(13-15-20)27-25-28(2)23(16-31-25)18-8-4-3-5-9-18/h3-16H,1-2H3. The molecule has 0 aliphatic rings. The van der Waals surface area contributed by atoms with Gasteiger partial charge in [0, 0.05) is 12.4 Å². The van der Waals surface area contributed by atoms with Crippen molar-refractivity contribution in [2.24, 2.45) is 12.0 Å². The normalized spacial score (nSPS) is 11.9. The third-order valence-electron chi connectivity index (χ3n) is 5.27. The molecule has 0 unspecified atom stereocenters. The Hall–Kier alpha value is -3.77. The summed E-state index contributed by atoms with van der Waals surface area (Å²) in [6.45, 7) is 1.85. The quantitative estimate of drug-likeness (QED) is 0.410. The fraction of sp³-hybridized carbons (Fsp3) is 0.0800. The van der Waals surface area contributed by atoms with Crippen LogP contribution in [0.15, 0.2) is 94.0 Å². The highest BCUT2D eigenvalue weighted by Gasteiger charge is 2.10. The van der Waals surface area contributed by atoms with Crippen LogP contribution in [-0.4, -0.2) is 14.1 Å². The first kappa shape index (κ1) is 19.2. The van der Waals surface area contributed by atoms with E-state index in [0.29, 0.717) is 16.7 Å². The number of fused-ring (bicyclic) bond motifs is 1. The van der Waals surface area contributed by atoms with E-state index in [2.05, 4.69) is 27.1 Å². The topological polar surface area (TPSA) is 52.2 Å². The first-order valence-electron chi connectivity index (χ1n) is 9.95. The molecule has 3 aromatic carbocycles. The Morgan fingerprint density at radius 3 is 2.39 bits per heavy atom. The SMILES string of the molecule is Cc1nc2ccccc2c(=O)n1-c1ccc(N=c2scc(-c3ccccc3)n2C)cc1.